The third-order valence-corrected chi connectivity index (χ3v) is 2.06. The molecular formula is C9H7ClO2. The van der Waals surface area contributed by atoms with E-state index >= 15 is 0 Å². The molecule has 2 nitrogen and oxygen atoms in total. The van der Waals surface area contributed by atoms with Gasteiger partial charge >= 0.3 is 0 Å². The van der Waals surface area contributed by atoms with Crippen molar-refractivity contribution in [3.63, 3.8) is 0 Å². The number of hydrogen-bond acceptors (Lipinski definition) is 2. The number of carbonyl (C=O) groups is 1. The van der Waals surface area contributed by atoms with Gasteiger partial charge in [-0.25, -0.2) is 0 Å². The first-order valence-corrected chi connectivity index (χ1v) is 4.06. The van der Waals surface area contributed by atoms with Crippen molar-refractivity contribution in [1.29, 1.82) is 0 Å². The maximum Gasteiger partial charge on any atom is 0.253 e. The predicted molar refractivity (Wildman–Crippen MR) is 44.9 cm³/mol. The van der Waals surface area contributed by atoms with Gasteiger partial charge in [-0.2, -0.15) is 0 Å². The summed E-state index contributed by atoms with van der Waals surface area (Å²) in [5.74, 6) is 0. The lowest BCUT2D eigenvalue weighted by Crippen LogP contribution is -1.97. The van der Waals surface area contributed by atoms with E-state index < -0.39 is 11.3 Å². The number of benzene rings is 1. The van der Waals surface area contributed by atoms with Crippen LogP contribution in [0.5, 0.6) is 0 Å². The fraction of sp³-hybridized carbons (Fsp3) is 0.222. The van der Waals surface area contributed by atoms with Gasteiger partial charge < -0.3 is 4.74 Å². The molecule has 2 atom stereocenters. The molecule has 1 aromatic carbocycles. The van der Waals surface area contributed by atoms with Gasteiger partial charge in [-0.05, 0) is 17.2 Å². The molecule has 2 rings (SSSR count). The van der Waals surface area contributed by atoms with Crippen molar-refractivity contribution in [3.8, 4) is 0 Å². The average Bonchev–Trinajstić information content (AvgIpc) is 2.84. The number of epoxide rings is 1. The molecule has 1 heterocycles. The molecule has 0 saturated carbocycles. The van der Waals surface area contributed by atoms with E-state index in [0.717, 1.165) is 5.56 Å². The highest BCUT2D eigenvalue weighted by atomic mass is 35.5. The molecule has 0 N–H and O–H groups in total. The molecule has 0 aliphatic carbocycles. The van der Waals surface area contributed by atoms with Crippen LogP contribution in [0, 0.1) is 0 Å². The Morgan fingerprint density at radius 2 is 2.00 bits per heavy atom. The molecular weight excluding hydrogens is 176 g/mol. The highest BCUT2D eigenvalue weighted by Gasteiger charge is 2.44. The third kappa shape index (κ3) is 1.36. The quantitative estimate of drug-likeness (QED) is 0.517. The minimum atomic E-state index is -0.422. The number of rotatable bonds is 2. The molecule has 0 amide bonds. The van der Waals surface area contributed by atoms with Crippen molar-refractivity contribution in [2.75, 3.05) is 0 Å². The van der Waals surface area contributed by atoms with Gasteiger partial charge in [0, 0.05) is 0 Å². The highest BCUT2D eigenvalue weighted by molar-refractivity contribution is 6.65. The molecule has 1 aromatic rings. The van der Waals surface area contributed by atoms with Crippen molar-refractivity contribution >= 4 is 16.8 Å². The lowest BCUT2D eigenvalue weighted by Gasteiger charge is -1.91. The van der Waals surface area contributed by atoms with E-state index in [9.17, 15) is 4.79 Å². The van der Waals surface area contributed by atoms with Crippen LogP contribution in [0.4, 0.5) is 0 Å². The van der Waals surface area contributed by atoms with Crippen LogP contribution in [0.3, 0.4) is 0 Å². The summed E-state index contributed by atoms with van der Waals surface area (Å²) >= 11 is 5.26. The van der Waals surface area contributed by atoms with Gasteiger partial charge in [0.05, 0.1) is 0 Å². The maximum absolute atomic E-state index is 10.6. The number of carbonyl (C=O) groups excluding carboxylic acids is 1. The zero-order valence-corrected chi connectivity index (χ0v) is 6.99. The lowest BCUT2D eigenvalue weighted by molar-refractivity contribution is -0.112. The average molecular weight is 183 g/mol. The summed E-state index contributed by atoms with van der Waals surface area (Å²) in [7, 11) is 0. The summed E-state index contributed by atoms with van der Waals surface area (Å²) in [6.07, 6.45) is -0.537. The zero-order valence-electron chi connectivity index (χ0n) is 6.24. The van der Waals surface area contributed by atoms with E-state index in [1.165, 1.54) is 0 Å². The Hall–Kier alpha value is -0.860. The fourth-order valence-electron chi connectivity index (χ4n) is 1.18. The summed E-state index contributed by atoms with van der Waals surface area (Å²) in [6.45, 7) is 0. The summed E-state index contributed by atoms with van der Waals surface area (Å²) in [5.41, 5.74) is 1.01. The third-order valence-electron chi connectivity index (χ3n) is 1.84. The summed E-state index contributed by atoms with van der Waals surface area (Å²) < 4.78 is 5.08. The minimum absolute atomic E-state index is 0.115. The first-order chi connectivity index (χ1) is 5.79. The number of ether oxygens (including phenoxy) is 1. The minimum Gasteiger partial charge on any atom is -0.355 e. The molecule has 1 fully saturated rings. The Morgan fingerprint density at radius 1 is 1.33 bits per heavy atom. The molecule has 62 valence electrons. The molecule has 1 aliphatic heterocycles. The molecule has 0 aromatic heterocycles. The molecule has 0 bridgehead atoms. The van der Waals surface area contributed by atoms with Gasteiger partial charge in [-0.3, -0.25) is 4.79 Å². The standard InChI is InChI=1S/C9H7ClO2/c10-9(11)8-7(12-8)6-4-2-1-3-5-6/h1-5,7-8H/t7-,8-/m1/s1. The van der Waals surface area contributed by atoms with Gasteiger partial charge in [-0.1, -0.05) is 30.3 Å². The smallest absolute Gasteiger partial charge is 0.253 e. The Balaban J connectivity index is 2.11. The summed E-state index contributed by atoms with van der Waals surface area (Å²) in [5, 5.41) is -0.413. The first kappa shape index (κ1) is 7.77. The highest BCUT2D eigenvalue weighted by Crippen LogP contribution is 2.39. The Morgan fingerprint density at radius 3 is 2.50 bits per heavy atom. The Bertz CT molecular complexity index is 297. The van der Waals surface area contributed by atoms with E-state index in [1.54, 1.807) is 0 Å². The van der Waals surface area contributed by atoms with Gasteiger partial charge in [0.1, 0.15) is 6.10 Å². The van der Waals surface area contributed by atoms with Crippen LogP contribution in [-0.2, 0) is 9.53 Å². The topological polar surface area (TPSA) is 29.6 Å². The van der Waals surface area contributed by atoms with E-state index in [0.29, 0.717) is 0 Å². The first-order valence-electron chi connectivity index (χ1n) is 3.69. The largest absolute Gasteiger partial charge is 0.355 e. The van der Waals surface area contributed by atoms with Crippen molar-refractivity contribution < 1.29 is 9.53 Å². The zero-order chi connectivity index (χ0) is 8.55. The lowest BCUT2D eigenvalue weighted by atomic mass is 10.1. The predicted octanol–water partition coefficient (Wildman–Crippen LogP) is 1.89. The second-order valence-corrected chi connectivity index (χ2v) is 3.06. The van der Waals surface area contributed by atoms with Crippen LogP contribution in [0.25, 0.3) is 0 Å². The Kier molecular flexibility index (Phi) is 1.87. The summed E-state index contributed by atoms with van der Waals surface area (Å²) in [6, 6.07) is 9.58. The molecule has 3 heteroatoms. The SMILES string of the molecule is O=C(Cl)[C@@H]1O[C@@H]1c1ccccc1. The van der Waals surface area contributed by atoms with Crippen molar-refractivity contribution in [2.24, 2.45) is 0 Å². The van der Waals surface area contributed by atoms with Gasteiger partial charge in [0.15, 0.2) is 6.10 Å². The monoisotopic (exact) mass is 182 g/mol. The fourth-order valence-corrected chi connectivity index (χ4v) is 1.35. The molecule has 1 saturated heterocycles. The van der Waals surface area contributed by atoms with Crippen LogP contribution in [0.2, 0.25) is 0 Å². The normalized spacial score (nSPS) is 26.8. The second kappa shape index (κ2) is 2.88. The number of hydrogen-bond donors (Lipinski definition) is 0. The summed E-state index contributed by atoms with van der Waals surface area (Å²) in [4.78, 5) is 10.6. The molecule has 12 heavy (non-hydrogen) atoms. The Labute approximate surface area is 75.1 Å². The van der Waals surface area contributed by atoms with Crippen molar-refractivity contribution in [3.05, 3.63) is 35.9 Å². The molecule has 0 radical (unpaired) electrons. The molecule has 0 unspecified atom stereocenters. The van der Waals surface area contributed by atoms with Crippen molar-refractivity contribution in [2.45, 2.75) is 12.2 Å². The van der Waals surface area contributed by atoms with Crippen LogP contribution in [-0.4, -0.2) is 11.3 Å². The molecule has 1 aliphatic rings. The van der Waals surface area contributed by atoms with Gasteiger partial charge in [0.25, 0.3) is 5.24 Å². The molecule has 0 spiro atoms. The van der Waals surface area contributed by atoms with Crippen LogP contribution in [0.15, 0.2) is 30.3 Å². The van der Waals surface area contributed by atoms with E-state index in [1.807, 2.05) is 30.3 Å². The second-order valence-electron chi connectivity index (χ2n) is 2.69. The van der Waals surface area contributed by atoms with Gasteiger partial charge in [0.2, 0.25) is 0 Å². The number of halogens is 1. The van der Waals surface area contributed by atoms with Gasteiger partial charge in [-0.15, -0.1) is 0 Å². The van der Waals surface area contributed by atoms with E-state index in [2.05, 4.69) is 0 Å². The van der Waals surface area contributed by atoms with Crippen LogP contribution >= 0.6 is 11.6 Å². The van der Waals surface area contributed by atoms with Crippen LogP contribution in [0.1, 0.15) is 11.7 Å². The van der Waals surface area contributed by atoms with Crippen LogP contribution < -0.4 is 0 Å². The maximum atomic E-state index is 10.6. The van der Waals surface area contributed by atoms with E-state index in [-0.39, 0.29) is 6.10 Å². The van der Waals surface area contributed by atoms with Crippen molar-refractivity contribution in [1.82, 2.24) is 0 Å². The van der Waals surface area contributed by atoms with E-state index in [4.69, 9.17) is 16.3 Å².